The molecular weight excluding hydrogens is 176 g/mol. The van der Waals surface area contributed by atoms with E-state index in [-0.39, 0.29) is 11.9 Å². The lowest BCUT2D eigenvalue weighted by atomic mass is 9.53. The first-order valence-corrected chi connectivity index (χ1v) is 5.66. The molecule has 1 unspecified atom stereocenters. The Morgan fingerprint density at radius 3 is 2.50 bits per heavy atom. The summed E-state index contributed by atoms with van der Waals surface area (Å²) in [6.07, 6.45) is 6.73. The maximum absolute atomic E-state index is 11.3. The summed E-state index contributed by atoms with van der Waals surface area (Å²) in [5.74, 6) is 0.103. The predicted molar refractivity (Wildman–Crippen MR) is 56.0 cm³/mol. The molecule has 2 atom stereocenters. The van der Waals surface area contributed by atoms with Crippen LogP contribution in [0.2, 0.25) is 0 Å². The van der Waals surface area contributed by atoms with Crippen molar-refractivity contribution in [1.82, 2.24) is 10.6 Å². The molecule has 0 heterocycles. The Labute approximate surface area is 85.6 Å². The van der Waals surface area contributed by atoms with Crippen LogP contribution in [0.15, 0.2) is 0 Å². The Bertz CT molecular complexity index is 230. The number of amides is 1. The van der Waals surface area contributed by atoms with E-state index in [2.05, 4.69) is 10.6 Å². The molecule has 0 aliphatic heterocycles. The fraction of sp³-hybridized carbons (Fsp3) is 0.909. The van der Waals surface area contributed by atoms with E-state index in [1.165, 1.54) is 32.1 Å². The third-order valence-corrected chi connectivity index (χ3v) is 4.11. The van der Waals surface area contributed by atoms with E-state index in [9.17, 15) is 4.79 Å². The average Bonchev–Trinajstić information content (AvgIpc) is 2.08. The molecule has 0 bridgehead atoms. The molecular formula is C11H20N2O. The van der Waals surface area contributed by atoms with Crippen molar-refractivity contribution < 1.29 is 4.79 Å². The molecule has 2 rings (SSSR count). The van der Waals surface area contributed by atoms with Crippen molar-refractivity contribution in [2.45, 2.75) is 51.1 Å². The molecule has 1 amide bonds. The number of likely N-dealkylation sites (N-methyl/N-ethyl adjacent to an activating group) is 1. The Morgan fingerprint density at radius 2 is 2.14 bits per heavy atom. The normalized spacial score (nSPS) is 30.3. The standard InChI is InChI=1S/C11H20N2O/c1-8(10(14)12-2)13-9-4-7-11(9)5-3-6-11/h8-9,13H,3-7H2,1-2H3,(H,12,14)/t8-,9?/m0/s1. The van der Waals surface area contributed by atoms with Crippen molar-refractivity contribution in [2.24, 2.45) is 5.41 Å². The molecule has 2 N–H and O–H groups in total. The molecule has 0 aromatic rings. The van der Waals surface area contributed by atoms with E-state index >= 15 is 0 Å². The second kappa shape index (κ2) is 3.54. The minimum absolute atomic E-state index is 0.0391. The predicted octanol–water partition coefficient (Wildman–Crippen LogP) is 1.04. The zero-order valence-corrected chi connectivity index (χ0v) is 9.10. The van der Waals surface area contributed by atoms with Gasteiger partial charge in [0, 0.05) is 13.1 Å². The van der Waals surface area contributed by atoms with Crippen molar-refractivity contribution >= 4 is 5.91 Å². The monoisotopic (exact) mass is 196 g/mol. The summed E-state index contributed by atoms with van der Waals surface area (Å²) in [4.78, 5) is 11.3. The summed E-state index contributed by atoms with van der Waals surface area (Å²) in [7, 11) is 1.69. The van der Waals surface area contributed by atoms with Gasteiger partial charge in [0.25, 0.3) is 0 Å². The van der Waals surface area contributed by atoms with Gasteiger partial charge < -0.3 is 10.6 Å². The Morgan fingerprint density at radius 1 is 1.43 bits per heavy atom. The van der Waals surface area contributed by atoms with Crippen LogP contribution in [0.3, 0.4) is 0 Å². The minimum Gasteiger partial charge on any atom is -0.358 e. The molecule has 0 radical (unpaired) electrons. The van der Waals surface area contributed by atoms with Gasteiger partial charge in [-0.15, -0.1) is 0 Å². The lowest BCUT2D eigenvalue weighted by molar-refractivity contribution is -0.123. The van der Waals surface area contributed by atoms with Gasteiger partial charge in [-0.1, -0.05) is 6.42 Å². The van der Waals surface area contributed by atoms with Crippen LogP contribution in [0.25, 0.3) is 0 Å². The highest BCUT2D eigenvalue weighted by Gasteiger charge is 2.50. The highest BCUT2D eigenvalue weighted by atomic mass is 16.2. The molecule has 2 saturated carbocycles. The molecule has 2 fully saturated rings. The Kier molecular flexibility index (Phi) is 2.52. The Balaban J connectivity index is 1.83. The Hall–Kier alpha value is -0.570. The lowest BCUT2D eigenvalue weighted by Gasteiger charge is -2.57. The van der Waals surface area contributed by atoms with E-state index in [1.54, 1.807) is 7.05 Å². The van der Waals surface area contributed by atoms with E-state index in [0.717, 1.165) is 0 Å². The van der Waals surface area contributed by atoms with Crippen LogP contribution in [-0.2, 0) is 4.79 Å². The van der Waals surface area contributed by atoms with Crippen molar-refractivity contribution in [1.29, 1.82) is 0 Å². The summed E-state index contributed by atoms with van der Waals surface area (Å²) in [5.41, 5.74) is 0.586. The highest BCUT2D eigenvalue weighted by molar-refractivity contribution is 5.81. The number of rotatable bonds is 3. The van der Waals surface area contributed by atoms with Gasteiger partial charge in [0.05, 0.1) is 6.04 Å². The number of carbonyl (C=O) groups is 1. The lowest BCUT2D eigenvalue weighted by Crippen LogP contribution is -2.60. The topological polar surface area (TPSA) is 41.1 Å². The molecule has 3 heteroatoms. The van der Waals surface area contributed by atoms with Crippen LogP contribution in [0.1, 0.15) is 39.0 Å². The van der Waals surface area contributed by atoms with E-state index in [1.807, 2.05) is 6.92 Å². The van der Waals surface area contributed by atoms with Gasteiger partial charge in [0.2, 0.25) is 5.91 Å². The minimum atomic E-state index is -0.0391. The number of hydrogen-bond donors (Lipinski definition) is 2. The second-order valence-electron chi connectivity index (χ2n) is 4.81. The second-order valence-corrected chi connectivity index (χ2v) is 4.81. The smallest absolute Gasteiger partial charge is 0.236 e. The van der Waals surface area contributed by atoms with Crippen LogP contribution < -0.4 is 10.6 Å². The van der Waals surface area contributed by atoms with Gasteiger partial charge in [0.15, 0.2) is 0 Å². The summed E-state index contributed by atoms with van der Waals surface area (Å²) in [6, 6.07) is 0.561. The third-order valence-electron chi connectivity index (χ3n) is 4.11. The number of nitrogens with one attached hydrogen (secondary N) is 2. The van der Waals surface area contributed by atoms with Gasteiger partial charge >= 0.3 is 0 Å². The molecule has 0 aromatic heterocycles. The molecule has 80 valence electrons. The van der Waals surface area contributed by atoms with Crippen LogP contribution in [0, 0.1) is 5.41 Å². The molecule has 0 saturated heterocycles. The number of carbonyl (C=O) groups excluding carboxylic acids is 1. The van der Waals surface area contributed by atoms with Gasteiger partial charge in [-0.2, -0.15) is 0 Å². The van der Waals surface area contributed by atoms with Crippen molar-refractivity contribution in [3.63, 3.8) is 0 Å². The summed E-state index contributed by atoms with van der Waals surface area (Å²) >= 11 is 0. The van der Waals surface area contributed by atoms with Gasteiger partial charge in [0.1, 0.15) is 0 Å². The van der Waals surface area contributed by atoms with E-state index in [4.69, 9.17) is 0 Å². The summed E-state index contributed by atoms with van der Waals surface area (Å²) < 4.78 is 0. The average molecular weight is 196 g/mol. The zero-order valence-electron chi connectivity index (χ0n) is 9.10. The number of hydrogen-bond acceptors (Lipinski definition) is 2. The molecule has 3 nitrogen and oxygen atoms in total. The maximum atomic E-state index is 11.3. The van der Waals surface area contributed by atoms with Gasteiger partial charge in [-0.25, -0.2) is 0 Å². The summed E-state index contributed by atoms with van der Waals surface area (Å²) in [6.45, 7) is 1.95. The quantitative estimate of drug-likeness (QED) is 0.708. The first kappa shape index (κ1) is 9.97. The van der Waals surface area contributed by atoms with Crippen molar-refractivity contribution in [3.05, 3.63) is 0 Å². The molecule has 0 aromatic carbocycles. The van der Waals surface area contributed by atoms with Gasteiger partial charge in [-0.05, 0) is 38.0 Å². The first-order valence-electron chi connectivity index (χ1n) is 5.66. The molecule has 2 aliphatic rings. The molecule has 1 spiro atoms. The fourth-order valence-corrected chi connectivity index (χ4v) is 2.78. The molecule has 14 heavy (non-hydrogen) atoms. The highest BCUT2D eigenvalue weighted by Crippen LogP contribution is 2.55. The van der Waals surface area contributed by atoms with Crippen molar-refractivity contribution in [2.75, 3.05) is 7.05 Å². The van der Waals surface area contributed by atoms with Crippen LogP contribution in [-0.4, -0.2) is 25.0 Å². The van der Waals surface area contributed by atoms with Crippen LogP contribution in [0.5, 0.6) is 0 Å². The van der Waals surface area contributed by atoms with Crippen LogP contribution in [0.4, 0.5) is 0 Å². The largest absolute Gasteiger partial charge is 0.358 e. The first-order chi connectivity index (χ1) is 6.68. The third kappa shape index (κ3) is 1.44. The van der Waals surface area contributed by atoms with E-state index < -0.39 is 0 Å². The van der Waals surface area contributed by atoms with E-state index in [0.29, 0.717) is 11.5 Å². The fourth-order valence-electron chi connectivity index (χ4n) is 2.78. The zero-order chi connectivity index (χ0) is 10.2. The maximum Gasteiger partial charge on any atom is 0.236 e. The van der Waals surface area contributed by atoms with Gasteiger partial charge in [-0.3, -0.25) is 4.79 Å². The SMILES string of the molecule is CNC(=O)[C@H](C)NC1CCC12CCC2. The summed E-state index contributed by atoms with van der Waals surface area (Å²) in [5, 5.41) is 6.13. The van der Waals surface area contributed by atoms with Crippen LogP contribution >= 0.6 is 0 Å². The molecule has 2 aliphatic carbocycles. The van der Waals surface area contributed by atoms with Crippen molar-refractivity contribution in [3.8, 4) is 0 Å².